The maximum absolute atomic E-state index is 10.7. The molecule has 13 heavy (non-hydrogen) atoms. The van der Waals surface area contributed by atoms with E-state index >= 15 is 0 Å². The first-order valence-corrected chi connectivity index (χ1v) is 3.72. The summed E-state index contributed by atoms with van der Waals surface area (Å²) in [4.78, 5) is 13.6. The minimum atomic E-state index is -1.04. The number of hydrogen-bond donors (Lipinski definition) is 3. The van der Waals surface area contributed by atoms with Gasteiger partial charge in [0.05, 0.1) is 5.56 Å². The number of carboxylic acids is 1. The second kappa shape index (κ2) is 2.52. The number of H-pyrrole nitrogens is 1. The number of benzene rings is 1. The lowest BCUT2D eigenvalue weighted by Crippen LogP contribution is -1.96. The van der Waals surface area contributed by atoms with E-state index in [-0.39, 0.29) is 11.3 Å². The lowest BCUT2D eigenvalue weighted by molar-refractivity contribution is 0.0698. The van der Waals surface area contributed by atoms with Crippen LogP contribution in [0.5, 0.6) is 5.75 Å². The van der Waals surface area contributed by atoms with Crippen LogP contribution in [0, 0.1) is 0 Å². The van der Waals surface area contributed by atoms with Gasteiger partial charge in [-0.25, -0.2) is 4.79 Å². The molecule has 2 rings (SSSR count). The molecule has 0 unspecified atom stereocenters. The lowest BCUT2D eigenvalue weighted by Gasteiger charge is -1.98. The molecule has 1 aromatic heterocycles. The van der Waals surface area contributed by atoms with Crippen molar-refractivity contribution >= 4 is 16.9 Å². The van der Waals surface area contributed by atoms with E-state index < -0.39 is 5.97 Å². The van der Waals surface area contributed by atoms with E-state index in [4.69, 9.17) is 5.11 Å². The third-order valence-corrected chi connectivity index (χ3v) is 1.88. The summed E-state index contributed by atoms with van der Waals surface area (Å²) in [6.45, 7) is 0. The molecule has 0 aliphatic heterocycles. The Bertz CT molecular complexity index is 473. The predicted octanol–water partition coefficient (Wildman–Crippen LogP) is 1.57. The largest absolute Gasteiger partial charge is 0.508 e. The van der Waals surface area contributed by atoms with E-state index in [0.29, 0.717) is 10.9 Å². The van der Waals surface area contributed by atoms with Crippen LogP contribution in [0.1, 0.15) is 10.4 Å². The third kappa shape index (κ3) is 1.12. The fraction of sp³-hybridized carbons (Fsp3) is 0. The zero-order valence-corrected chi connectivity index (χ0v) is 6.61. The van der Waals surface area contributed by atoms with E-state index in [2.05, 4.69) is 4.98 Å². The lowest BCUT2D eigenvalue weighted by atomic mass is 10.1. The van der Waals surface area contributed by atoms with Gasteiger partial charge in [-0.15, -0.1) is 0 Å². The van der Waals surface area contributed by atoms with E-state index in [9.17, 15) is 9.90 Å². The van der Waals surface area contributed by atoms with Crippen molar-refractivity contribution in [3.05, 3.63) is 30.0 Å². The van der Waals surface area contributed by atoms with Gasteiger partial charge in [0.15, 0.2) is 0 Å². The number of hydrogen-bond acceptors (Lipinski definition) is 2. The number of phenolic OH excluding ortho intramolecular Hbond substituents is 1. The molecule has 0 amide bonds. The number of aromatic amines is 1. The van der Waals surface area contributed by atoms with Crippen molar-refractivity contribution in [1.29, 1.82) is 0 Å². The highest BCUT2D eigenvalue weighted by molar-refractivity contribution is 6.03. The van der Waals surface area contributed by atoms with Crippen molar-refractivity contribution in [3.63, 3.8) is 0 Å². The number of phenols is 1. The molecule has 0 atom stereocenters. The average molecular weight is 177 g/mol. The van der Waals surface area contributed by atoms with Crippen LogP contribution < -0.4 is 0 Å². The highest BCUT2D eigenvalue weighted by Crippen LogP contribution is 2.23. The minimum absolute atomic E-state index is 0.0487. The smallest absolute Gasteiger partial charge is 0.336 e. The molecule has 2 aromatic rings. The van der Waals surface area contributed by atoms with E-state index in [1.54, 1.807) is 12.3 Å². The Morgan fingerprint density at radius 2 is 2.15 bits per heavy atom. The summed E-state index contributed by atoms with van der Waals surface area (Å²) in [5.74, 6) is -1.09. The minimum Gasteiger partial charge on any atom is -0.508 e. The number of aromatic nitrogens is 1. The number of nitrogens with one attached hydrogen (secondary N) is 1. The number of carbonyl (C=O) groups is 1. The summed E-state index contributed by atoms with van der Waals surface area (Å²) in [5, 5.41) is 18.6. The van der Waals surface area contributed by atoms with Crippen LogP contribution >= 0.6 is 0 Å². The Kier molecular flexibility index (Phi) is 1.48. The zero-order valence-electron chi connectivity index (χ0n) is 6.61. The van der Waals surface area contributed by atoms with Gasteiger partial charge in [0.1, 0.15) is 5.75 Å². The molecule has 1 heterocycles. The molecule has 66 valence electrons. The molecule has 0 saturated carbocycles. The molecule has 0 saturated heterocycles. The fourth-order valence-corrected chi connectivity index (χ4v) is 1.33. The molecular weight excluding hydrogens is 170 g/mol. The van der Waals surface area contributed by atoms with Crippen molar-refractivity contribution in [2.45, 2.75) is 0 Å². The zero-order chi connectivity index (χ0) is 9.42. The number of aromatic carboxylic acids is 1. The topological polar surface area (TPSA) is 73.3 Å². The summed E-state index contributed by atoms with van der Waals surface area (Å²) in [7, 11) is 0. The van der Waals surface area contributed by atoms with Crippen LogP contribution in [-0.2, 0) is 0 Å². The Morgan fingerprint density at radius 3 is 2.85 bits per heavy atom. The number of fused-ring (bicyclic) bond motifs is 1. The third-order valence-electron chi connectivity index (χ3n) is 1.88. The molecule has 1 aromatic carbocycles. The summed E-state index contributed by atoms with van der Waals surface area (Å²) in [6.07, 6.45) is 1.64. The molecule has 0 aliphatic rings. The predicted molar refractivity (Wildman–Crippen MR) is 46.9 cm³/mol. The molecule has 0 fully saturated rings. The van der Waals surface area contributed by atoms with Gasteiger partial charge in [-0.05, 0) is 12.1 Å². The number of carboxylic acid groups (broad SMARTS) is 1. The average Bonchev–Trinajstić information content (AvgIpc) is 2.49. The first kappa shape index (κ1) is 7.67. The highest BCUT2D eigenvalue weighted by atomic mass is 16.4. The molecule has 4 heteroatoms. The van der Waals surface area contributed by atoms with Gasteiger partial charge >= 0.3 is 5.97 Å². The van der Waals surface area contributed by atoms with Crippen molar-refractivity contribution < 1.29 is 15.0 Å². The van der Waals surface area contributed by atoms with Crippen LogP contribution in [0.25, 0.3) is 10.9 Å². The highest BCUT2D eigenvalue weighted by Gasteiger charge is 2.10. The second-order valence-corrected chi connectivity index (χ2v) is 2.74. The Labute approximate surface area is 73.4 Å². The Morgan fingerprint density at radius 1 is 1.38 bits per heavy atom. The monoisotopic (exact) mass is 177 g/mol. The van der Waals surface area contributed by atoms with Crippen molar-refractivity contribution in [2.24, 2.45) is 0 Å². The summed E-state index contributed by atoms with van der Waals surface area (Å²) >= 11 is 0. The van der Waals surface area contributed by atoms with Crippen molar-refractivity contribution in [1.82, 2.24) is 4.98 Å². The number of aromatic hydroxyl groups is 1. The Balaban J connectivity index is 2.84. The SMILES string of the molecule is O=C(O)c1cc(O)cc2[nH]ccc12. The van der Waals surface area contributed by atoms with Crippen LogP contribution in [0.4, 0.5) is 0 Å². The summed E-state index contributed by atoms with van der Waals surface area (Å²) in [5.41, 5.74) is 0.730. The van der Waals surface area contributed by atoms with Gasteiger partial charge in [0.2, 0.25) is 0 Å². The van der Waals surface area contributed by atoms with E-state index in [1.807, 2.05) is 0 Å². The first-order chi connectivity index (χ1) is 6.18. The molecule has 0 radical (unpaired) electrons. The van der Waals surface area contributed by atoms with Crippen molar-refractivity contribution in [2.75, 3.05) is 0 Å². The van der Waals surface area contributed by atoms with Gasteiger partial charge in [-0.2, -0.15) is 0 Å². The van der Waals surface area contributed by atoms with Crippen LogP contribution in [0.2, 0.25) is 0 Å². The Hall–Kier alpha value is -1.97. The molecule has 0 aliphatic carbocycles. The molecule has 0 bridgehead atoms. The van der Waals surface area contributed by atoms with Crippen LogP contribution in [0.3, 0.4) is 0 Å². The molecule has 4 nitrogen and oxygen atoms in total. The normalized spacial score (nSPS) is 10.5. The van der Waals surface area contributed by atoms with E-state index in [0.717, 1.165) is 0 Å². The molecule has 3 N–H and O–H groups in total. The fourth-order valence-electron chi connectivity index (χ4n) is 1.33. The van der Waals surface area contributed by atoms with E-state index in [1.165, 1.54) is 12.1 Å². The van der Waals surface area contributed by atoms with Crippen molar-refractivity contribution in [3.8, 4) is 5.75 Å². The molecule has 0 spiro atoms. The summed E-state index contributed by atoms with van der Waals surface area (Å²) < 4.78 is 0. The van der Waals surface area contributed by atoms with Gasteiger partial charge < -0.3 is 15.2 Å². The van der Waals surface area contributed by atoms with Gasteiger partial charge in [-0.1, -0.05) is 0 Å². The number of rotatable bonds is 1. The maximum atomic E-state index is 10.7. The first-order valence-electron chi connectivity index (χ1n) is 3.72. The quantitative estimate of drug-likeness (QED) is 0.619. The summed E-state index contributed by atoms with van der Waals surface area (Å²) in [6, 6.07) is 4.39. The van der Waals surface area contributed by atoms with Crippen LogP contribution in [0.15, 0.2) is 24.4 Å². The van der Waals surface area contributed by atoms with Gasteiger partial charge in [0, 0.05) is 23.2 Å². The second-order valence-electron chi connectivity index (χ2n) is 2.74. The maximum Gasteiger partial charge on any atom is 0.336 e. The standard InChI is InChI=1S/C9H7NO3/c11-5-3-7(9(12)13)6-1-2-10-8(6)4-5/h1-4,10-11H,(H,12,13). The van der Waals surface area contributed by atoms with Crippen LogP contribution in [-0.4, -0.2) is 21.2 Å². The van der Waals surface area contributed by atoms with Gasteiger partial charge in [0.25, 0.3) is 0 Å². The van der Waals surface area contributed by atoms with Gasteiger partial charge in [-0.3, -0.25) is 0 Å². The molecular formula is C9H7NO3.